The molecule has 4 heteroatoms. The fraction of sp³-hybridized carbons (Fsp3) is 0.364. The lowest BCUT2D eigenvalue weighted by Gasteiger charge is -2.10. The molecule has 0 saturated heterocycles. The summed E-state index contributed by atoms with van der Waals surface area (Å²) in [5, 5.41) is 9.70. The third kappa shape index (κ3) is 2.94. The van der Waals surface area contributed by atoms with Crippen molar-refractivity contribution in [3.63, 3.8) is 0 Å². The van der Waals surface area contributed by atoms with Crippen molar-refractivity contribution in [3.8, 4) is 5.75 Å². The Hall–Kier alpha value is -1.06. The number of carbonyl (C=O) groups is 1. The molecule has 15 heavy (non-hydrogen) atoms. The van der Waals surface area contributed by atoms with Crippen LogP contribution in [0.2, 0.25) is 5.02 Å². The highest BCUT2D eigenvalue weighted by Crippen LogP contribution is 2.29. The van der Waals surface area contributed by atoms with Crippen LogP contribution in [0.25, 0.3) is 0 Å². The molecule has 0 aliphatic heterocycles. The molecule has 82 valence electrons. The van der Waals surface area contributed by atoms with Gasteiger partial charge in [0.05, 0.1) is 23.3 Å². The first-order chi connectivity index (χ1) is 7.06. The number of hydrogen-bond donors (Lipinski definition) is 1. The number of carbonyl (C=O) groups excluding carboxylic acids is 1. The van der Waals surface area contributed by atoms with Crippen molar-refractivity contribution in [1.82, 2.24) is 0 Å². The average molecular weight is 229 g/mol. The van der Waals surface area contributed by atoms with Gasteiger partial charge in [0.15, 0.2) is 6.29 Å². The topological polar surface area (TPSA) is 46.5 Å². The highest BCUT2D eigenvalue weighted by atomic mass is 35.5. The zero-order chi connectivity index (χ0) is 11.4. The number of aldehydes is 1. The molecule has 1 rings (SSSR count). The maximum atomic E-state index is 10.8. The lowest BCUT2D eigenvalue weighted by atomic mass is 10.1. The lowest BCUT2D eigenvalue weighted by molar-refractivity contribution is 0.0650. The molecule has 0 radical (unpaired) electrons. The Morgan fingerprint density at radius 3 is 2.73 bits per heavy atom. The van der Waals surface area contributed by atoms with Gasteiger partial charge >= 0.3 is 0 Å². The quantitative estimate of drug-likeness (QED) is 0.807. The lowest BCUT2D eigenvalue weighted by Crippen LogP contribution is -2.04. The molecule has 0 fully saturated rings. The molecular weight excluding hydrogens is 216 g/mol. The molecule has 3 nitrogen and oxygen atoms in total. The summed E-state index contributed by atoms with van der Waals surface area (Å²) in [7, 11) is 0. The SMILES string of the molecule is CC(C)OCc1ccc(Cl)c(O)c1C=O. The Kier molecular flexibility index (Phi) is 4.12. The van der Waals surface area contributed by atoms with Crippen molar-refractivity contribution in [2.75, 3.05) is 0 Å². The van der Waals surface area contributed by atoms with Crippen LogP contribution in [0, 0.1) is 0 Å². The number of hydrogen-bond acceptors (Lipinski definition) is 3. The minimum atomic E-state index is -0.184. The van der Waals surface area contributed by atoms with E-state index >= 15 is 0 Å². The maximum Gasteiger partial charge on any atom is 0.154 e. The van der Waals surface area contributed by atoms with E-state index < -0.39 is 0 Å². The Morgan fingerprint density at radius 2 is 2.20 bits per heavy atom. The van der Waals surface area contributed by atoms with Gasteiger partial charge in [-0.2, -0.15) is 0 Å². The first-order valence-electron chi connectivity index (χ1n) is 4.63. The van der Waals surface area contributed by atoms with Gasteiger partial charge in [-0.25, -0.2) is 0 Å². The van der Waals surface area contributed by atoms with E-state index in [2.05, 4.69) is 0 Å². The van der Waals surface area contributed by atoms with Crippen molar-refractivity contribution in [2.24, 2.45) is 0 Å². The standard InChI is InChI=1S/C11H13ClO3/c1-7(2)15-6-8-3-4-10(12)11(14)9(8)5-13/h3-5,7,14H,6H2,1-2H3. The van der Waals surface area contributed by atoms with Crippen LogP contribution in [-0.2, 0) is 11.3 Å². The van der Waals surface area contributed by atoms with Gasteiger partial charge in [-0.1, -0.05) is 17.7 Å². The van der Waals surface area contributed by atoms with Gasteiger partial charge in [0.1, 0.15) is 5.75 Å². The van der Waals surface area contributed by atoms with Crippen LogP contribution in [0.15, 0.2) is 12.1 Å². The van der Waals surface area contributed by atoms with Gasteiger partial charge in [0, 0.05) is 0 Å². The number of phenolic OH excluding ortho intramolecular Hbond substituents is 1. The second-order valence-corrected chi connectivity index (χ2v) is 3.85. The Morgan fingerprint density at radius 1 is 1.53 bits per heavy atom. The molecule has 0 saturated carbocycles. The fourth-order valence-electron chi connectivity index (χ4n) is 1.14. The van der Waals surface area contributed by atoms with Gasteiger partial charge < -0.3 is 9.84 Å². The van der Waals surface area contributed by atoms with E-state index in [1.165, 1.54) is 0 Å². The minimum absolute atomic E-state index is 0.0716. The van der Waals surface area contributed by atoms with E-state index in [9.17, 15) is 9.90 Å². The maximum absolute atomic E-state index is 10.8. The third-order valence-corrected chi connectivity index (χ3v) is 2.25. The molecule has 0 unspecified atom stereocenters. The highest BCUT2D eigenvalue weighted by molar-refractivity contribution is 6.32. The molecular formula is C11H13ClO3. The molecule has 1 N–H and O–H groups in total. The second kappa shape index (κ2) is 5.14. The summed E-state index contributed by atoms with van der Waals surface area (Å²) in [6.07, 6.45) is 0.655. The van der Waals surface area contributed by atoms with Gasteiger partial charge in [0.25, 0.3) is 0 Å². The molecule has 0 aliphatic carbocycles. The van der Waals surface area contributed by atoms with Gasteiger partial charge in [-0.15, -0.1) is 0 Å². The number of rotatable bonds is 4. The van der Waals surface area contributed by atoms with Crippen molar-refractivity contribution in [3.05, 3.63) is 28.3 Å². The van der Waals surface area contributed by atoms with E-state index in [1.807, 2.05) is 13.8 Å². The van der Waals surface area contributed by atoms with Crippen LogP contribution in [0.5, 0.6) is 5.75 Å². The molecule has 0 bridgehead atoms. The van der Waals surface area contributed by atoms with Crippen LogP contribution < -0.4 is 0 Å². The smallest absolute Gasteiger partial charge is 0.154 e. The molecule has 0 amide bonds. The van der Waals surface area contributed by atoms with Crippen LogP contribution in [0.4, 0.5) is 0 Å². The van der Waals surface area contributed by atoms with E-state index in [1.54, 1.807) is 12.1 Å². The van der Waals surface area contributed by atoms with Crippen molar-refractivity contribution >= 4 is 17.9 Å². The van der Waals surface area contributed by atoms with Crippen LogP contribution in [-0.4, -0.2) is 17.5 Å². The molecule has 0 heterocycles. The average Bonchev–Trinajstić information content (AvgIpc) is 2.19. The van der Waals surface area contributed by atoms with E-state index in [0.717, 1.165) is 0 Å². The zero-order valence-electron chi connectivity index (χ0n) is 8.66. The Bertz CT molecular complexity index is 361. The van der Waals surface area contributed by atoms with Crippen LogP contribution >= 0.6 is 11.6 Å². The number of halogens is 1. The summed E-state index contributed by atoms with van der Waals surface area (Å²) in [5.41, 5.74) is 0.837. The number of aromatic hydroxyl groups is 1. The predicted molar refractivity (Wildman–Crippen MR) is 58.4 cm³/mol. The normalized spacial score (nSPS) is 10.7. The fourth-order valence-corrected chi connectivity index (χ4v) is 1.30. The Labute approximate surface area is 93.6 Å². The molecule has 0 aliphatic rings. The van der Waals surface area contributed by atoms with E-state index in [0.29, 0.717) is 11.8 Å². The predicted octanol–water partition coefficient (Wildman–Crippen LogP) is 2.78. The summed E-state index contributed by atoms with van der Waals surface area (Å²) < 4.78 is 5.35. The number of benzene rings is 1. The van der Waals surface area contributed by atoms with Gasteiger partial charge in [-0.05, 0) is 25.5 Å². The monoisotopic (exact) mass is 228 g/mol. The first-order valence-corrected chi connectivity index (χ1v) is 5.01. The molecule has 0 aromatic heterocycles. The first kappa shape index (κ1) is 12.0. The largest absolute Gasteiger partial charge is 0.506 e. The summed E-state index contributed by atoms with van der Waals surface area (Å²) in [4.78, 5) is 10.8. The molecule has 0 atom stereocenters. The van der Waals surface area contributed by atoms with Crippen LogP contribution in [0.1, 0.15) is 29.8 Å². The second-order valence-electron chi connectivity index (χ2n) is 3.45. The number of ether oxygens (including phenoxy) is 1. The minimum Gasteiger partial charge on any atom is -0.506 e. The van der Waals surface area contributed by atoms with E-state index in [4.69, 9.17) is 16.3 Å². The van der Waals surface area contributed by atoms with Gasteiger partial charge in [0.2, 0.25) is 0 Å². The summed E-state index contributed by atoms with van der Waals surface area (Å²) in [6, 6.07) is 3.22. The van der Waals surface area contributed by atoms with Crippen LogP contribution in [0.3, 0.4) is 0 Å². The molecule has 1 aromatic carbocycles. The summed E-state index contributed by atoms with van der Waals surface area (Å²) >= 11 is 5.68. The zero-order valence-corrected chi connectivity index (χ0v) is 9.41. The van der Waals surface area contributed by atoms with Crippen molar-refractivity contribution < 1.29 is 14.6 Å². The van der Waals surface area contributed by atoms with Gasteiger partial charge in [-0.3, -0.25) is 4.79 Å². The molecule has 1 aromatic rings. The Balaban J connectivity index is 2.97. The van der Waals surface area contributed by atoms with Crippen molar-refractivity contribution in [1.29, 1.82) is 0 Å². The van der Waals surface area contributed by atoms with E-state index in [-0.39, 0.29) is 29.0 Å². The molecule has 0 spiro atoms. The summed E-state index contributed by atoms with van der Waals surface area (Å²) in [6.45, 7) is 4.09. The van der Waals surface area contributed by atoms with Crippen molar-refractivity contribution in [2.45, 2.75) is 26.6 Å². The third-order valence-electron chi connectivity index (χ3n) is 1.95. The number of phenols is 1. The summed E-state index contributed by atoms with van der Waals surface area (Å²) in [5.74, 6) is -0.184. The highest BCUT2D eigenvalue weighted by Gasteiger charge is 2.11.